The molecule has 0 atom stereocenters. The second kappa shape index (κ2) is 5.70. The second-order valence-corrected chi connectivity index (χ2v) is 8.62. The van der Waals surface area contributed by atoms with Crippen molar-refractivity contribution in [1.29, 1.82) is 0 Å². The third-order valence-corrected chi connectivity index (χ3v) is 5.09. The fourth-order valence-electron chi connectivity index (χ4n) is 2.45. The molecule has 8 heteroatoms. The molecule has 0 saturated heterocycles. The molecule has 1 aliphatic rings. The standard InChI is InChI=1S/C16H20N4O3S/c1-16(2,3)20-14(11-6-7-11)9-13(18-20)15(21)19-24(22,23)12-5-4-8-17-10-12/h4-5,8-11H,6-7H2,1-3H3,(H,19,21). The van der Waals surface area contributed by atoms with Gasteiger partial charge in [-0.2, -0.15) is 5.10 Å². The zero-order valence-corrected chi connectivity index (χ0v) is 14.7. The molecule has 1 saturated carbocycles. The zero-order chi connectivity index (χ0) is 17.5. The summed E-state index contributed by atoms with van der Waals surface area (Å²) in [5.74, 6) is -0.336. The molecule has 7 nitrogen and oxygen atoms in total. The predicted molar refractivity (Wildman–Crippen MR) is 88.1 cm³/mol. The van der Waals surface area contributed by atoms with Gasteiger partial charge < -0.3 is 0 Å². The van der Waals surface area contributed by atoms with E-state index < -0.39 is 15.9 Å². The molecule has 3 rings (SSSR count). The number of hydrogen-bond acceptors (Lipinski definition) is 5. The van der Waals surface area contributed by atoms with Gasteiger partial charge in [0, 0.05) is 24.0 Å². The minimum absolute atomic E-state index is 0.0592. The average molecular weight is 348 g/mol. The maximum Gasteiger partial charge on any atom is 0.285 e. The van der Waals surface area contributed by atoms with Crippen LogP contribution in [0.1, 0.15) is 55.7 Å². The van der Waals surface area contributed by atoms with E-state index in [2.05, 4.69) is 14.8 Å². The highest BCUT2D eigenvalue weighted by Crippen LogP contribution is 2.41. The summed E-state index contributed by atoms with van der Waals surface area (Å²) in [4.78, 5) is 16.1. The summed E-state index contributed by atoms with van der Waals surface area (Å²) >= 11 is 0. The van der Waals surface area contributed by atoms with Gasteiger partial charge in [0.1, 0.15) is 4.90 Å². The molecule has 0 aliphatic heterocycles. The maximum absolute atomic E-state index is 12.4. The first-order valence-electron chi connectivity index (χ1n) is 7.76. The minimum atomic E-state index is -3.96. The quantitative estimate of drug-likeness (QED) is 0.912. The number of rotatable bonds is 4. The molecule has 1 N–H and O–H groups in total. The number of nitrogens with zero attached hydrogens (tertiary/aromatic N) is 3. The van der Waals surface area contributed by atoms with Crippen LogP contribution in [-0.4, -0.2) is 29.1 Å². The van der Waals surface area contributed by atoms with E-state index >= 15 is 0 Å². The minimum Gasteiger partial charge on any atom is -0.266 e. The van der Waals surface area contributed by atoms with Crippen LogP contribution >= 0.6 is 0 Å². The van der Waals surface area contributed by atoms with Crippen LogP contribution in [0.2, 0.25) is 0 Å². The molecule has 128 valence electrons. The summed E-state index contributed by atoms with van der Waals surface area (Å²) in [6, 6.07) is 4.57. The van der Waals surface area contributed by atoms with E-state index in [4.69, 9.17) is 0 Å². The van der Waals surface area contributed by atoms with Crippen LogP contribution in [0, 0.1) is 0 Å². The molecular weight excluding hydrogens is 328 g/mol. The van der Waals surface area contributed by atoms with E-state index in [9.17, 15) is 13.2 Å². The van der Waals surface area contributed by atoms with Gasteiger partial charge in [-0.05, 0) is 51.8 Å². The molecule has 0 aromatic carbocycles. The van der Waals surface area contributed by atoms with Crippen LogP contribution < -0.4 is 4.72 Å². The van der Waals surface area contributed by atoms with Gasteiger partial charge in [0.05, 0.1) is 5.54 Å². The zero-order valence-electron chi connectivity index (χ0n) is 13.9. The van der Waals surface area contributed by atoms with Crippen LogP contribution in [0.15, 0.2) is 35.5 Å². The molecule has 1 amide bonds. The van der Waals surface area contributed by atoms with Crippen LogP contribution in [0.5, 0.6) is 0 Å². The van der Waals surface area contributed by atoms with Crippen molar-refractivity contribution in [3.8, 4) is 0 Å². The van der Waals surface area contributed by atoms with Gasteiger partial charge in [0.15, 0.2) is 5.69 Å². The average Bonchev–Trinajstić information content (AvgIpc) is 3.24. The number of amides is 1. The van der Waals surface area contributed by atoms with Crippen LogP contribution in [0.4, 0.5) is 0 Å². The Bertz CT molecular complexity index is 862. The lowest BCUT2D eigenvalue weighted by Gasteiger charge is -2.22. The van der Waals surface area contributed by atoms with Crippen molar-refractivity contribution in [3.63, 3.8) is 0 Å². The van der Waals surface area contributed by atoms with Crippen molar-refractivity contribution in [1.82, 2.24) is 19.5 Å². The number of pyridine rings is 1. The fraction of sp³-hybridized carbons (Fsp3) is 0.438. The molecular formula is C16H20N4O3S. The number of nitrogens with one attached hydrogen (secondary N) is 1. The Morgan fingerprint density at radius 2 is 2.04 bits per heavy atom. The Hall–Kier alpha value is -2.22. The maximum atomic E-state index is 12.4. The van der Waals surface area contributed by atoms with Crippen molar-refractivity contribution >= 4 is 15.9 Å². The van der Waals surface area contributed by atoms with Crippen molar-refractivity contribution in [2.24, 2.45) is 0 Å². The molecule has 2 aromatic rings. The van der Waals surface area contributed by atoms with Gasteiger partial charge >= 0.3 is 0 Å². The lowest BCUT2D eigenvalue weighted by molar-refractivity contribution is 0.0975. The largest absolute Gasteiger partial charge is 0.285 e. The van der Waals surface area contributed by atoms with Crippen LogP contribution in [0.25, 0.3) is 0 Å². The van der Waals surface area contributed by atoms with Gasteiger partial charge in [-0.25, -0.2) is 13.1 Å². The van der Waals surface area contributed by atoms with Gasteiger partial charge in [0.2, 0.25) is 0 Å². The number of sulfonamides is 1. The Morgan fingerprint density at radius 1 is 1.33 bits per heavy atom. The van der Waals surface area contributed by atoms with Gasteiger partial charge in [-0.1, -0.05) is 0 Å². The first-order valence-corrected chi connectivity index (χ1v) is 9.24. The highest BCUT2D eigenvalue weighted by molar-refractivity contribution is 7.90. The van der Waals surface area contributed by atoms with Gasteiger partial charge in [-0.3, -0.25) is 14.5 Å². The van der Waals surface area contributed by atoms with Crippen molar-refractivity contribution in [3.05, 3.63) is 42.0 Å². The summed E-state index contributed by atoms with van der Waals surface area (Å²) in [5, 5.41) is 4.35. The third kappa shape index (κ3) is 3.33. The first-order chi connectivity index (χ1) is 11.2. The Balaban J connectivity index is 1.88. The SMILES string of the molecule is CC(C)(C)n1nc(C(=O)NS(=O)(=O)c2cccnc2)cc1C1CC1. The lowest BCUT2D eigenvalue weighted by Crippen LogP contribution is -2.31. The summed E-state index contributed by atoms with van der Waals surface area (Å²) in [6.45, 7) is 6.00. The van der Waals surface area contributed by atoms with Gasteiger partial charge in [0.25, 0.3) is 15.9 Å². The summed E-state index contributed by atoms with van der Waals surface area (Å²) < 4.78 is 28.4. The van der Waals surface area contributed by atoms with E-state index in [-0.39, 0.29) is 16.1 Å². The molecule has 0 unspecified atom stereocenters. The van der Waals surface area contributed by atoms with E-state index in [0.29, 0.717) is 5.92 Å². The Kier molecular flexibility index (Phi) is 3.95. The van der Waals surface area contributed by atoms with Crippen molar-refractivity contribution in [2.45, 2.75) is 50.0 Å². The fourth-order valence-corrected chi connectivity index (χ4v) is 3.38. The third-order valence-electron chi connectivity index (χ3n) is 3.77. The summed E-state index contributed by atoms with van der Waals surface area (Å²) in [7, 11) is -3.96. The molecule has 1 fully saturated rings. The highest BCUT2D eigenvalue weighted by atomic mass is 32.2. The molecule has 0 radical (unpaired) electrons. The molecule has 0 spiro atoms. The lowest BCUT2D eigenvalue weighted by atomic mass is 10.1. The predicted octanol–water partition coefficient (Wildman–Crippen LogP) is 2.03. The molecule has 2 aromatic heterocycles. The van der Waals surface area contributed by atoms with Gasteiger partial charge in [-0.15, -0.1) is 0 Å². The van der Waals surface area contributed by atoms with E-state index in [0.717, 1.165) is 18.5 Å². The first kappa shape index (κ1) is 16.6. The molecule has 1 aliphatic carbocycles. The molecule has 2 heterocycles. The van der Waals surface area contributed by atoms with E-state index in [1.165, 1.54) is 24.5 Å². The number of aromatic nitrogens is 3. The van der Waals surface area contributed by atoms with Crippen molar-refractivity contribution in [2.75, 3.05) is 0 Å². The topological polar surface area (TPSA) is 94.0 Å². The smallest absolute Gasteiger partial charge is 0.266 e. The van der Waals surface area contributed by atoms with E-state index in [1.54, 1.807) is 6.07 Å². The molecule has 24 heavy (non-hydrogen) atoms. The summed E-state index contributed by atoms with van der Waals surface area (Å²) in [6.07, 6.45) is 4.79. The Labute approximate surface area is 141 Å². The van der Waals surface area contributed by atoms with Crippen LogP contribution in [-0.2, 0) is 15.6 Å². The van der Waals surface area contributed by atoms with E-state index in [1.807, 2.05) is 25.5 Å². The highest BCUT2D eigenvalue weighted by Gasteiger charge is 2.33. The Morgan fingerprint density at radius 3 is 2.58 bits per heavy atom. The molecule has 0 bridgehead atoms. The number of carbonyl (C=O) groups excluding carboxylic acids is 1. The van der Waals surface area contributed by atoms with Crippen molar-refractivity contribution < 1.29 is 13.2 Å². The van der Waals surface area contributed by atoms with Crippen LogP contribution in [0.3, 0.4) is 0 Å². The monoisotopic (exact) mass is 348 g/mol. The normalized spacial score (nSPS) is 15.3. The number of hydrogen-bond donors (Lipinski definition) is 1. The summed E-state index contributed by atoms with van der Waals surface area (Å²) in [5.41, 5.74) is 0.810. The number of carbonyl (C=O) groups is 1. The second-order valence-electron chi connectivity index (χ2n) is 6.93.